The van der Waals surface area contributed by atoms with Crippen molar-refractivity contribution < 1.29 is 14.0 Å². The topological polar surface area (TPSA) is 67.2 Å². The van der Waals surface area contributed by atoms with Crippen LogP contribution in [0.3, 0.4) is 0 Å². The molecule has 136 valence electrons. The summed E-state index contributed by atoms with van der Waals surface area (Å²) in [6, 6.07) is 6.01. The van der Waals surface area contributed by atoms with Crippen molar-refractivity contribution in [1.29, 1.82) is 0 Å². The zero-order chi connectivity index (χ0) is 18.3. The van der Waals surface area contributed by atoms with E-state index in [0.29, 0.717) is 31.7 Å². The Kier molecular flexibility index (Phi) is 4.22. The molecule has 2 aliphatic rings. The van der Waals surface area contributed by atoms with Gasteiger partial charge in [-0.2, -0.15) is 5.10 Å². The molecule has 1 fully saturated rings. The van der Waals surface area contributed by atoms with Crippen molar-refractivity contribution in [3.63, 3.8) is 0 Å². The number of nitrogens with zero attached hydrogens (tertiary/aromatic N) is 3. The first-order chi connectivity index (χ1) is 12.5. The SMILES string of the molecule is Cn1nc(C(=O)NCc2ccc(F)cc2)c2c1CCN(C(=O)C1CC1)C2. The number of hydrogen-bond donors (Lipinski definition) is 1. The maximum absolute atomic E-state index is 13.0. The monoisotopic (exact) mass is 356 g/mol. The molecule has 1 N–H and O–H groups in total. The van der Waals surface area contributed by atoms with Gasteiger partial charge in [0.15, 0.2) is 5.69 Å². The van der Waals surface area contributed by atoms with E-state index in [9.17, 15) is 14.0 Å². The van der Waals surface area contributed by atoms with Crippen molar-refractivity contribution in [2.24, 2.45) is 13.0 Å². The lowest BCUT2D eigenvalue weighted by molar-refractivity contribution is -0.133. The van der Waals surface area contributed by atoms with Gasteiger partial charge in [-0.3, -0.25) is 14.3 Å². The van der Waals surface area contributed by atoms with Gasteiger partial charge in [0.05, 0.1) is 0 Å². The van der Waals surface area contributed by atoms with E-state index in [0.717, 1.165) is 29.7 Å². The Balaban J connectivity index is 1.49. The summed E-state index contributed by atoms with van der Waals surface area (Å²) in [6.07, 6.45) is 2.66. The van der Waals surface area contributed by atoms with Crippen molar-refractivity contribution in [1.82, 2.24) is 20.0 Å². The maximum Gasteiger partial charge on any atom is 0.272 e. The number of aromatic nitrogens is 2. The summed E-state index contributed by atoms with van der Waals surface area (Å²) in [7, 11) is 1.83. The van der Waals surface area contributed by atoms with Gasteiger partial charge in [0, 0.05) is 50.3 Å². The Morgan fingerprint density at radius 2 is 2.00 bits per heavy atom. The molecule has 1 aromatic carbocycles. The lowest BCUT2D eigenvalue weighted by atomic mass is 10.0. The number of aryl methyl sites for hydroxylation is 1. The summed E-state index contributed by atoms with van der Waals surface area (Å²) in [5.41, 5.74) is 3.04. The standard InChI is InChI=1S/C19H21FN4O2/c1-23-16-8-9-24(19(26)13-4-5-13)11-15(16)17(22-23)18(25)21-10-12-2-6-14(20)7-3-12/h2-3,6-7,13H,4-5,8-11H2,1H3,(H,21,25). The van der Waals surface area contributed by atoms with E-state index in [4.69, 9.17) is 0 Å². The zero-order valence-electron chi connectivity index (χ0n) is 14.7. The van der Waals surface area contributed by atoms with Gasteiger partial charge >= 0.3 is 0 Å². The summed E-state index contributed by atoms with van der Waals surface area (Å²) in [5.74, 6) is -0.215. The van der Waals surface area contributed by atoms with E-state index in [2.05, 4.69) is 10.4 Å². The van der Waals surface area contributed by atoms with Crippen LogP contribution >= 0.6 is 0 Å². The second kappa shape index (κ2) is 6.55. The molecule has 1 aliphatic carbocycles. The van der Waals surface area contributed by atoms with Gasteiger partial charge < -0.3 is 10.2 Å². The third-order valence-electron chi connectivity index (χ3n) is 5.06. The van der Waals surface area contributed by atoms with Crippen LogP contribution in [0.5, 0.6) is 0 Å². The highest BCUT2D eigenvalue weighted by Gasteiger charge is 2.36. The van der Waals surface area contributed by atoms with Crippen molar-refractivity contribution in [3.05, 3.63) is 52.6 Å². The molecule has 2 amide bonds. The highest BCUT2D eigenvalue weighted by Crippen LogP contribution is 2.33. The molecule has 6 nitrogen and oxygen atoms in total. The molecule has 1 saturated carbocycles. The van der Waals surface area contributed by atoms with E-state index >= 15 is 0 Å². The van der Waals surface area contributed by atoms with E-state index < -0.39 is 0 Å². The average molecular weight is 356 g/mol. The van der Waals surface area contributed by atoms with Gasteiger partial charge in [0.25, 0.3) is 5.91 Å². The number of benzene rings is 1. The number of carbonyl (C=O) groups is 2. The highest BCUT2D eigenvalue weighted by atomic mass is 19.1. The molecular weight excluding hydrogens is 335 g/mol. The molecule has 4 rings (SSSR count). The van der Waals surface area contributed by atoms with Crippen LogP contribution in [0.1, 0.15) is 40.2 Å². The Hall–Kier alpha value is -2.70. The van der Waals surface area contributed by atoms with E-state index in [-0.39, 0.29) is 23.5 Å². The van der Waals surface area contributed by atoms with Crippen LogP contribution in [0.25, 0.3) is 0 Å². The molecule has 0 unspecified atom stereocenters. The summed E-state index contributed by atoms with van der Waals surface area (Å²) in [5, 5.41) is 7.22. The number of halogens is 1. The minimum Gasteiger partial charge on any atom is -0.347 e. The molecule has 2 heterocycles. The van der Waals surface area contributed by atoms with Gasteiger partial charge in [-0.05, 0) is 30.5 Å². The molecule has 7 heteroatoms. The summed E-state index contributed by atoms with van der Waals surface area (Å²) >= 11 is 0. The van der Waals surface area contributed by atoms with E-state index in [1.54, 1.807) is 16.8 Å². The number of nitrogens with one attached hydrogen (secondary N) is 1. The fraction of sp³-hybridized carbons (Fsp3) is 0.421. The van der Waals surface area contributed by atoms with E-state index in [1.807, 2.05) is 11.9 Å². The van der Waals surface area contributed by atoms with Crippen LogP contribution in [0.15, 0.2) is 24.3 Å². The number of amides is 2. The number of hydrogen-bond acceptors (Lipinski definition) is 3. The Bertz CT molecular complexity index is 855. The van der Waals surface area contributed by atoms with Crippen LogP contribution in [-0.2, 0) is 31.4 Å². The zero-order valence-corrected chi connectivity index (χ0v) is 14.7. The smallest absolute Gasteiger partial charge is 0.272 e. The summed E-state index contributed by atoms with van der Waals surface area (Å²) in [4.78, 5) is 26.8. The largest absolute Gasteiger partial charge is 0.347 e. The lowest BCUT2D eigenvalue weighted by Crippen LogP contribution is -2.38. The van der Waals surface area contributed by atoms with Crippen molar-refractivity contribution in [2.45, 2.75) is 32.4 Å². The molecule has 0 spiro atoms. The third-order valence-corrected chi connectivity index (χ3v) is 5.06. The first-order valence-electron chi connectivity index (χ1n) is 8.89. The normalized spacial score (nSPS) is 16.3. The van der Waals surface area contributed by atoms with Crippen LogP contribution in [0.2, 0.25) is 0 Å². The van der Waals surface area contributed by atoms with Gasteiger partial charge in [-0.15, -0.1) is 0 Å². The Morgan fingerprint density at radius 1 is 1.27 bits per heavy atom. The molecular formula is C19H21FN4O2. The van der Waals surface area contributed by atoms with Crippen LogP contribution < -0.4 is 5.32 Å². The average Bonchev–Trinajstić information content (AvgIpc) is 3.44. The fourth-order valence-electron chi connectivity index (χ4n) is 3.42. The molecule has 2 aromatic rings. The minimum atomic E-state index is -0.306. The lowest BCUT2D eigenvalue weighted by Gasteiger charge is -2.27. The predicted octanol–water partition coefficient (Wildman–Crippen LogP) is 1.78. The van der Waals surface area contributed by atoms with Gasteiger partial charge in [-0.1, -0.05) is 12.1 Å². The van der Waals surface area contributed by atoms with Crippen molar-refractivity contribution in [3.8, 4) is 0 Å². The summed E-state index contributed by atoms with van der Waals surface area (Å²) in [6.45, 7) is 1.42. The Labute approximate surface area is 151 Å². The summed E-state index contributed by atoms with van der Waals surface area (Å²) < 4.78 is 14.7. The number of rotatable bonds is 4. The van der Waals surface area contributed by atoms with Gasteiger partial charge in [0.1, 0.15) is 5.82 Å². The molecule has 0 radical (unpaired) electrons. The first-order valence-corrected chi connectivity index (χ1v) is 8.89. The first kappa shape index (κ1) is 16.8. The molecule has 1 aromatic heterocycles. The Morgan fingerprint density at radius 3 is 2.69 bits per heavy atom. The number of fused-ring (bicyclic) bond motifs is 1. The molecule has 1 aliphatic heterocycles. The minimum absolute atomic E-state index is 0.170. The predicted molar refractivity (Wildman–Crippen MR) is 92.6 cm³/mol. The highest BCUT2D eigenvalue weighted by molar-refractivity contribution is 5.94. The van der Waals surface area contributed by atoms with Crippen molar-refractivity contribution >= 4 is 11.8 Å². The number of carbonyl (C=O) groups excluding carboxylic acids is 2. The molecule has 26 heavy (non-hydrogen) atoms. The van der Waals surface area contributed by atoms with Crippen LogP contribution in [-0.4, -0.2) is 33.0 Å². The quantitative estimate of drug-likeness (QED) is 0.908. The van der Waals surface area contributed by atoms with Gasteiger partial charge in [-0.25, -0.2) is 4.39 Å². The van der Waals surface area contributed by atoms with Crippen molar-refractivity contribution in [2.75, 3.05) is 6.54 Å². The fourth-order valence-corrected chi connectivity index (χ4v) is 3.42. The second-order valence-electron chi connectivity index (χ2n) is 6.99. The van der Waals surface area contributed by atoms with Crippen LogP contribution in [0, 0.1) is 11.7 Å². The molecule has 0 atom stereocenters. The molecule has 0 saturated heterocycles. The maximum atomic E-state index is 13.0. The van der Waals surface area contributed by atoms with Gasteiger partial charge in [0.2, 0.25) is 5.91 Å². The van der Waals surface area contributed by atoms with E-state index in [1.165, 1.54) is 12.1 Å². The van der Waals surface area contributed by atoms with Crippen LogP contribution in [0.4, 0.5) is 4.39 Å². The second-order valence-corrected chi connectivity index (χ2v) is 6.99. The third kappa shape index (κ3) is 3.21. The molecule has 0 bridgehead atoms.